The molecule has 2 aromatic carbocycles. The van der Waals surface area contributed by atoms with Crippen LogP contribution in [-0.4, -0.2) is 51.4 Å². The molecule has 3 aromatic rings. The van der Waals surface area contributed by atoms with Gasteiger partial charge < -0.3 is 29.6 Å². The lowest BCUT2D eigenvalue weighted by Gasteiger charge is -2.68. The standard InChI is InChI=1S/C34H36O8.H2O/c1-20-23-15-18-40-25(23)19-24-26(20)27(41-29(35)21-11-6-4-7-12-21)28(42-30(36)22-13-8-5-9-14-22)34(39)32(24,2)16-10-17-33(34,3)31(37)38;/h4-9,11-15,18,20,24,26-28,39H,10,16-17,19H2,1-3H3,(H,37,38);1H2/t20-,24-,26-,27+,28+,32+,33+,34-;/m0./s1. The van der Waals surface area contributed by atoms with Crippen LogP contribution >= 0.6 is 0 Å². The highest BCUT2D eigenvalue weighted by Gasteiger charge is 2.77. The van der Waals surface area contributed by atoms with Crippen molar-refractivity contribution in [3.05, 3.63) is 95.4 Å². The minimum atomic E-state index is -2.08. The highest BCUT2D eigenvalue weighted by molar-refractivity contribution is 5.90. The first-order valence-electron chi connectivity index (χ1n) is 14.6. The number of fused-ring (bicyclic) bond motifs is 4. The highest BCUT2D eigenvalue weighted by Crippen LogP contribution is 2.68. The van der Waals surface area contributed by atoms with Gasteiger partial charge in [-0.15, -0.1) is 0 Å². The number of furan rings is 1. The Morgan fingerprint density at radius 2 is 1.47 bits per heavy atom. The Kier molecular flexibility index (Phi) is 7.77. The molecule has 1 aromatic heterocycles. The number of aliphatic carboxylic acids is 1. The monoisotopic (exact) mass is 590 g/mol. The number of hydrogen-bond donors (Lipinski definition) is 2. The van der Waals surface area contributed by atoms with Crippen molar-refractivity contribution in [3.8, 4) is 0 Å². The van der Waals surface area contributed by atoms with Crippen molar-refractivity contribution in [2.45, 2.75) is 70.2 Å². The van der Waals surface area contributed by atoms with Crippen molar-refractivity contribution in [1.82, 2.24) is 0 Å². The maximum Gasteiger partial charge on any atom is 0.338 e. The first-order valence-corrected chi connectivity index (χ1v) is 14.6. The molecule has 4 N–H and O–H groups in total. The molecule has 8 atom stereocenters. The molecule has 0 aliphatic heterocycles. The lowest BCUT2D eigenvalue weighted by Crippen LogP contribution is -2.79. The molecule has 43 heavy (non-hydrogen) atoms. The normalized spacial score (nSPS) is 34.4. The molecule has 0 unspecified atom stereocenters. The number of esters is 2. The van der Waals surface area contributed by atoms with Crippen LogP contribution in [0, 0.1) is 22.7 Å². The van der Waals surface area contributed by atoms with Gasteiger partial charge in [0.25, 0.3) is 0 Å². The van der Waals surface area contributed by atoms with Crippen LogP contribution in [0.5, 0.6) is 0 Å². The quantitative estimate of drug-likeness (QED) is 0.401. The van der Waals surface area contributed by atoms with E-state index in [0.29, 0.717) is 24.8 Å². The first-order chi connectivity index (χ1) is 20.0. The van der Waals surface area contributed by atoms with E-state index in [-0.39, 0.29) is 29.3 Å². The summed E-state index contributed by atoms with van der Waals surface area (Å²) in [5, 5.41) is 23.8. The minimum absolute atomic E-state index is 0. The molecule has 6 rings (SSSR count). The maximum absolute atomic E-state index is 13.7. The minimum Gasteiger partial charge on any atom is -0.481 e. The molecule has 3 aliphatic rings. The molecule has 0 bridgehead atoms. The molecule has 0 saturated heterocycles. The highest BCUT2D eigenvalue weighted by atomic mass is 16.6. The fraction of sp³-hybridized carbons (Fsp3) is 0.441. The second-order valence-electron chi connectivity index (χ2n) is 12.6. The zero-order chi connectivity index (χ0) is 29.9. The van der Waals surface area contributed by atoms with Crippen molar-refractivity contribution < 1.29 is 44.0 Å². The van der Waals surface area contributed by atoms with E-state index in [4.69, 9.17) is 13.9 Å². The predicted molar refractivity (Wildman–Crippen MR) is 155 cm³/mol. The summed E-state index contributed by atoms with van der Waals surface area (Å²) in [6.07, 6.45) is 0.724. The van der Waals surface area contributed by atoms with Crippen molar-refractivity contribution >= 4 is 17.9 Å². The molecule has 228 valence electrons. The van der Waals surface area contributed by atoms with Crippen molar-refractivity contribution in [2.24, 2.45) is 22.7 Å². The zero-order valence-electron chi connectivity index (χ0n) is 24.5. The van der Waals surface area contributed by atoms with E-state index in [2.05, 4.69) is 0 Å². The fourth-order valence-electron chi connectivity index (χ4n) is 8.43. The predicted octanol–water partition coefficient (Wildman–Crippen LogP) is 4.82. The summed E-state index contributed by atoms with van der Waals surface area (Å²) in [6, 6.07) is 18.8. The number of aliphatic hydroxyl groups is 1. The van der Waals surface area contributed by atoms with E-state index in [1.807, 2.05) is 19.9 Å². The second kappa shape index (κ2) is 11.0. The molecule has 2 saturated carbocycles. The van der Waals surface area contributed by atoms with Gasteiger partial charge in [-0.1, -0.05) is 56.7 Å². The molecule has 0 radical (unpaired) electrons. The lowest BCUT2D eigenvalue weighted by molar-refractivity contribution is -0.311. The van der Waals surface area contributed by atoms with Gasteiger partial charge in [-0.05, 0) is 67.5 Å². The van der Waals surface area contributed by atoms with Crippen LogP contribution in [0.1, 0.15) is 78.0 Å². The topological polar surface area (TPSA) is 155 Å². The third-order valence-corrected chi connectivity index (χ3v) is 10.7. The lowest BCUT2D eigenvalue weighted by atomic mass is 9.39. The van der Waals surface area contributed by atoms with Crippen molar-refractivity contribution in [1.29, 1.82) is 0 Å². The second-order valence-corrected chi connectivity index (χ2v) is 12.6. The number of carbonyl (C=O) groups is 3. The van der Waals surface area contributed by atoms with Crippen LogP contribution in [0.3, 0.4) is 0 Å². The van der Waals surface area contributed by atoms with Crippen molar-refractivity contribution in [2.75, 3.05) is 0 Å². The molecular weight excluding hydrogens is 552 g/mol. The van der Waals surface area contributed by atoms with Gasteiger partial charge in [-0.3, -0.25) is 4.79 Å². The Morgan fingerprint density at radius 1 is 0.884 bits per heavy atom. The van der Waals surface area contributed by atoms with Gasteiger partial charge in [0.2, 0.25) is 0 Å². The van der Waals surface area contributed by atoms with E-state index in [9.17, 15) is 24.6 Å². The van der Waals surface area contributed by atoms with E-state index in [1.165, 1.54) is 6.92 Å². The molecule has 2 fully saturated rings. The van der Waals surface area contributed by atoms with Gasteiger partial charge in [0.15, 0.2) is 6.10 Å². The summed E-state index contributed by atoms with van der Waals surface area (Å²) in [5.74, 6) is -2.67. The molecule has 9 nitrogen and oxygen atoms in total. The summed E-state index contributed by atoms with van der Waals surface area (Å²) in [6.45, 7) is 5.46. The van der Waals surface area contributed by atoms with Gasteiger partial charge in [0, 0.05) is 17.8 Å². The Morgan fingerprint density at radius 3 is 2.05 bits per heavy atom. The molecular formula is C34H38O9. The number of rotatable bonds is 5. The summed E-state index contributed by atoms with van der Waals surface area (Å²) in [7, 11) is 0. The van der Waals surface area contributed by atoms with Crippen LogP contribution < -0.4 is 0 Å². The average Bonchev–Trinajstić information content (AvgIpc) is 3.47. The number of carboxylic acids is 1. The Hall–Kier alpha value is -3.95. The van der Waals surface area contributed by atoms with E-state index < -0.39 is 52.5 Å². The summed E-state index contributed by atoms with van der Waals surface area (Å²) >= 11 is 0. The molecule has 3 aliphatic carbocycles. The first kappa shape index (κ1) is 30.5. The van der Waals surface area contributed by atoms with E-state index in [0.717, 1.165) is 11.3 Å². The Labute approximate surface area is 250 Å². The van der Waals surface area contributed by atoms with Crippen LogP contribution in [0.2, 0.25) is 0 Å². The van der Waals surface area contributed by atoms with Gasteiger partial charge in [-0.2, -0.15) is 0 Å². The summed E-state index contributed by atoms with van der Waals surface area (Å²) in [4.78, 5) is 40.4. The SMILES string of the molecule is C[C@H]1c2ccoc2C[C@H]2[C@H]1[C@@H](OC(=O)c1ccccc1)[C@@H](OC(=O)c1ccccc1)[C@@]1(O)[C@@](C)(C(=O)O)CCC[C@]21C.O. The molecule has 9 heteroatoms. The third-order valence-electron chi connectivity index (χ3n) is 10.7. The number of ether oxygens (including phenoxy) is 2. The van der Waals surface area contributed by atoms with E-state index in [1.54, 1.807) is 66.9 Å². The molecule has 0 spiro atoms. The summed E-state index contributed by atoms with van der Waals surface area (Å²) in [5.41, 5.74) is -3.27. The van der Waals surface area contributed by atoms with Gasteiger partial charge in [0.05, 0.1) is 22.8 Å². The maximum atomic E-state index is 13.7. The largest absolute Gasteiger partial charge is 0.481 e. The van der Waals surface area contributed by atoms with Crippen LogP contribution in [0.4, 0.5) is 0 Å². The number of hydrogen-bond acceptors (Lipinski definition) is 7. The average molecular weight is 591 g/mol. The Bertz CT molecular complexity index is 1500. The van der Waals surface area contributed by atoms with Crippen LogP contribution in [0.15, 0.2) is 77.4 Å². The molecule has 1 heterocycles. The zero-order valence-corrected chi connectivity index (χ0v) is 24.5. The van der Waals surface area contributed by atoms with E-state index >= 15 is 0 Å². The Balaban J connectivity index is 0.00000368. The van der Waals surface area contributed by atoms with Crippen LogP contribution in [-0.2, 0) is 20.7 Å². The van der Waals surface area contributed by atoms with Gasteiger partial charge in [-0.25, -0.2) is 9.59 Å². The van der Waals surface area contributed by atoms with Crippen molar-refractivity contribution in [3.63, 3.8) is 0 Å². The van der Waals surface area contributed by atoms with Gasteiger partial charge >= 0.3 is 17.9 Å². The van der Waals surface area contributed by atoms with Gasteiger partial charge in [0.1, 0.15) is 17.5 Å². The molecule has 0 amide bonds. The number of carboxylic acid groups (broad SMARTS) is 1. The summed E-state index contributed by atoms with van der Waals surface area (Å²) < 4.78 is 18.4. The third kappa shape index (κ3) is 4.40. The number of benzene rings is 2. The number of carbonyl (C=O) groups excluding carboxylic acids is 2. The smallest absolute Gasteiger partial charge is 0.338 e. The van der Waals surface area contributed by atoms with Crippen LogP contribution in [0.25, 0.3) is 0 Å². The fourth-order valence-corrected chi connectivity index (χ4v) is 8.43.